The lowest BCUT2D eigenvalue weighted by molar-refractivity contribution is -0.166. The van der Waals surface area contributed by atoms with E-state index in [1.807, 2.05) is 60.7 Å². The molecule has 3 aromatic carbocycles. The van der Waals surface area contributed by atoms with E-state index in [0.29, 0.717) is 5.69 Å². The molecule has 5 rings (SSSR count). The fraction of sp³-hybridized carbons (Fsp3) is 0.276. The second-order valence-corrected chi connectivity index (χ2v) is 12.2. The van der Waals surface area contributed by atoms with Crippen molar-refractivity contribution in [3.63, 3.8) is 0 Å². The highest BCUT2D eigenvalue weighted by Crippen LogP contribution is 2.44. The number of fused-ring (bicyclic) bond motifs is 1. The topological polar surface area (TPSA) is 119 Å². The number of carbonyl (C=O) groups excluding carboxylic acids is 3. The van der Waals surface area contributed by atoms with Crippen molar-refractivity contribution in [2.45, 2.75) is 48.6 Å². The Morgan fingerprint density at radius 2 is 1.53 bits per heavy atom. The molecule has 2 aliphatic heterocycles. The first-order chi connectivity index (χ1) is 18.2. The Kier molecular flexibility index (Phi) is 6.79. The zero-order chi connectivity index (χ0) is 27.0. The van der Waals surface area contributed by atoms with Crippen molar-refractivity contribution in [3.8, 4) is 0 Å². The van der Waals surface area contributed by atoms with Crippen LogP contribution >= 0.6 is 0 Å². The van der Waals surface area contributed by atoms with Gasteiger partial charge in [-0.2, -0.15) is 0 Å². The molecule has 0 radical (unpaired) electrons. The molecule has 2 saturated heterocycles. The number of benzene rings is 3. The fourth-order valence-electron chi connectivity index (χ4n) is 5.08. The number of amides is 2. The molecular formula is C29H29N3O5S. The molecule has 38 heavy (non-hydrogen) atoms. The van der Waals surface area contributed by atoms with E-state index < -0.39 is 51.0 Å². The Labute approximate surface area is 223 Å². The monoisotopic (exact) mass is 531 g/mol. The van der Waals surface area contributed by atoms with Crippen LogP contribution in [0, 0.1) is 0 Å². The van der Waals surface area contributed by atoms with Gasteiger partial charge in [0.05, 0.1) is 22.0 Å². The largest absolute Gasteiger partial charge is 0.451 e. The molecule has 0 aliphatic carbocycles. The van der Waals surface area contributed by atoms with Gasteiger partial charge < -0.3 is 20.7 Å². The third kappa shape index (κ3) is 4.58. The van der Waals surface area contributed by atoms with Gasteiger partial charge in [-0.25, -0.2) is 4.79 Å². The molecule has 4 atom stereocenters. The van der Waals surface area contributed by atoms with Crippen molar-refractivity contribution < 1.29 is 23.3 Å². The van der Waals surface area contributed by atoms with Crippen molar-refractivity contribution in [1.29, 1.82) is 0 Å². The SMILES string of the molecule is CC1(C)[C@H](C(=O)OC(c2ccccc2)c2ccccc2)N2C(=O)[C@@H](NC(=O)Cc3ccc(N)cc3)[C@H]2[S@]1=O. The normalized spacial score (nSPS) is 23.4. The van der Waals surface area contributed by atoms with Crippen LogP contribution in [0.25, 0.3) is 0 Å². The number of ether oxygens (including phenoxy) is 1. The van der Waals surface area contributed by atoms with Crippen LogP contribution in [0.5, 0.6) is 0 Å². The third-order valence-corrected chi connectivity index (χ3v) is 9.28. The molecule has 2 heterocycles. The highest BCUT2D eigenvalue weighted by Gasteiger charge is 2.68. The number of β-lactam (4-membered cyclic amide) rings is 1. The molecule has 0 aromatic heterocycles. The molecular weight excluding hydrogens is 502 g/mol. The Bertz CT molecular complexity index is 1340. The average molecular weight is 532 g/mol. The highest BCUT2D eigenvalue weighted by atomic mass is 32.2. The van der Waals surface area contributed by atoms with Crippen LogP contribution in [0.1, 0.15) is 36.6 Å². The van der Waals surface area contributed by atoms with Gasteiger partial charge in [-0.15, -0.1) is 0 Å². The third-order valence-electron chi connectivity index (χ3n) is 7.08. The van der Waals surface area contributed by atoms with E-state index in [9.17, 15) is 18.6 Å². The molecule has 0 unspecified atom stereocenters. The smallest absolute Gasteiger partial charge is 0.331 e. The summed E-state index contributed by atoms with van der Waals surface area (Å²) < 4.78 is 18.5. The molecule has 0 bridgehead atoms. The summed E-state index contributed by atoms with van der Waals surface area (Å²) in [7, 11) is -1.62. The number of rotatable bonds is 7. The lowest BCUT2D eigenvalue weighted by Gasteiger charge is -2.43. The van der Waals surface area contributed by atoms with Crippen molar-refractivity contribution in [2.24, 2.45) is 0 Å². The van der Waals surface area contributed by atoms with Crippen molar-refractivity contribution in [1.82, 2.24) is 10.2 Å². The Morgan fingerprint density at radius 1 is 0.974 bits per heavy atom. The van der Waals surface area contributed by atoms with Crippen LogP contribution in [0.2, 0.25) is 0 Å². The first kappa shape index (κ1) is 25.7. The molecule has 2 aliphatic rings. The number of nitrogens with zero attached hydrogens (tertiary/aromatic N) is 1. The molecule has 2 fully saturated rings. The molecule has 196 valence electrons. The number of carbonyl (C=O) groups is 3. The minimum Gasteiger partial charge on any atom is -0.451 e. The van der Waals surface area contributed by atoms with Gasteiger partial charge in [0.1, 0.15) is 17.5 Å². The number of hydrogen-bond acceptors (Lipinski definition) is 6. The quantitative estimate of drug-likeness (QED) is 0.275. The van der Waals surface area contributed by atoms with Crippen LogP contribution in [0.4, 0.5) is 5.69 Å². The molecule has 0 saturated carbocycles. The summed E-state index contributed by atoms with van der Waals surface area (Å²) in [6.45, 7) is 3.38. The summed E-state index contributed by atoms with van der Waals surface area (Å²) in [5.41, 5.74) is 8.58. The van der Waals surface area contributed by atoms with Gasteiger partial charge in [-0.1, -0.05) is 72.8 Å². The number of nitrogen functional groups attached to an aromatic ring is 1. The van der Waals surface area contributed by atoms with Crippen molar-refractivity contribution in [2.75, 3.05) is 5.73 Å². The number of esters is 1. The first-order valence-electron chi connectivity index (χ1n) is 12.4. The predicted molar refractivity (Wildman–Crippen MR) is 144 cm³/mol. The minimum atomic E-state index is -1.62. The van der Waals surface area contributed by atoms with E-state index in [2.05, 4.69) is 5.32 Å². The zero-order valence-electron chi connectivity index (χ0n) is 21.1. The van der Waals surface area contributed by atoms with Crippen molar-refractivity contribution >= 4 is 34.3 Å². The van der Waals surface area contributed by atoms with Gasteiger partial charge >= 0.3 is 5.97 Å². The number of hydrogen-bond donors (Lipinski definition) is 2. The second kappa shape index (κ2) is 10.1. The van der Waals surface area contributed by atoms with Gasteiger partial charge in [0.2, 0.25) is 11.8 Å². The van der Waals surface area contributed by atoms with Crippen LogP contribution < -0.4 is 11.1 Å². The van der Waals surface area contributed by atoms with E-state index in [0.717, 1.165) is 16.7 Å². The summed E-state index contributed by atoms with van der Waals surface area (Å²) in [6, 6.07) is 23.5. The Morgan fingerprint density at radius 3 is 2.08 bits per heavy atom. The van der Waals surface area contributed by atoms with Gasteiger partial charge in [-0.05, 0) is 42.7 Å². The molecule has 0 spiro atoms. The lowest BCUT2D eigenvalue weighted by Crippen LogP contribution is -2.71. The van der Waals surface area contributed by atoms with E-state index in [-0.39, 0.29) is 12.3 Å². The van der Waals surface area contributed by atoms with Crippen LogP contribution in [-0.4, -0.2) is 49.1 Å². The first-order valence-corrected chi connectivity index (χ1v) is 13.6. The zero-order valence-corrected chi connectivity index (χ0v) is 21.9. The summed E-state index contributed by atoms with van der Waals surface area (Å²) in [5, 5.41) is 1.91. The Balaban J connectivity index is 1.34. The maximum Gasteiger partial charge on any atom is 0.331 e. The van der Waals surface area contributed by atoms with Crippen LogP contribution in [0.3, 0.4) is 0 Å². The summed E-state index contributed by atoms with van der Waals surface area (Å²) in [6.07, 6.45) is -0.645. The second-order valence-electron chi connectivity index (χ2n) is 10.0. The van der Waals surface area contributed by atoms with Gasteiger partial charge in [0.25, 0.3) is 0 Å². The average Bonchev–Trinajstić information content (AvgIpc) is 3.11. The number of nitrogens with one attached hydrogen (secondary N) is 1. The number of nitrogens with two attached hydrogens (primary N) is 1. The van der Waals surface area contributed by atoms with Gasteiger partial charge in [-0.3, -0.25) is 13.8 Å². The van der Waals surface area contributed by atoms with Crippen LogP contribution in [0.15, 0.2) is 84.9 Å². The predicted octanol–water partition coefficient (Wildman–Crippen LogP) is 2.71. The minimum absolute atomic E-state index is 0.0497. The summed E-state index contributed by atoms with van der Waals surface area (Å²) in [4.78, 5) is 40.8. The van der Waals surface area contributed by atoms with Gasteiger partial charge in [0, 0.05) is 5.69 Å². The van der Waals surface area contributed by atoms with E-state index in [4.69, 9.17) is 10.5 Å². The molecule has 2 amide bonds. The van der Waals surface area contributed by atoms with E-state index >= 15 is 0 Å². The van der Waals surface area contributed by atoms with Crippen LogP contribution in [-0.2, 0) is 36.3 Å². The molecule has 8 nitrogen and oxygen atoms in total. The fourth-order valence-corrected chi connectivity index (χ4v) is 7.00. The highest BCUT2D eigenvalue weighted by molar-refractivity contribution is 7.87. The summed E-state index contributed by atoms with van der Waals surface area (Å²) >= 11 is 0. The van der Waals surface area contributed by atoms with E-state index in [1.54, 1.807) is 38.1 Å². The maximum atomic E-state index is 13.6. The van der Waals surface area contributed by atoms with Crippen molar-refractivity contribution in [3.05, 3.63) is 102 Å². The lowest BCUT2D eigenvalue weighted by atomic mass is 9.95. The molecule has 3 N–H and O–H groups in total. The molecule has 9 heteroatoms. The Hall–Kier alpha value is -3.98. The summed E-state index contributed by atoms with van der Waals surface area (Å²) in [5.74, 6) is -1.46. The van der Waals surface area contributed by atoms with E-state index in [1.165, 1.54) is 4.90 Å². The number of anilines is 1. The molecule has 3 aromatic rings. The van der Waals surface area contributed by atoms with Gasteiger partial charge in [0.15, 0.2) is 6.10 Å². The standard InChI is InChI=1S/C29H29N3O5S/c1-29(2)25(28(35)37-24(19-9-5-3-6-10-19)20-11-7-4-8-12-20)32-26(34)23(27(32)38(29)36)31-22(33)17-18-13-15-21(30)16-14-18/h3-16,23-25,27H,17,30H2,1-2H3,(H,31,33)/t23-,25+,27-,38-/m1/s1. The maximum absolute atomic E-state index is 13.6.